The summed E-state index contributed by atoms with van der Waals surface area (Å²) in [5, 5.41) is 0. The van der Waals surface area contributed by atoms with E-state index in [0.29, 0.717) is 19.0 Å². The van der Waals surface area contributed by atoms with Crippen LogP contribution in [0.4, 0.5) is 10.1 Å². The van der Waals surface area contributed by atoms with Crippen molar-refractivity contribution in [3.05, 3.63) is 24.0 Å². The summed E-state index contributed by atoms with van der Waals surface area (Å²) in [6.07, 6.45) is 2.22. The first-order chi connectivity index (χ1) is 10.1. The Bertz CT molecular complexity index is 454. The van der Waals surface area contributed by atoms with Crippen molar-refractivity contribution in [2.24, 2.45) is 5.73 Å². The quantitative estimate of drug-likeness (QED) is 0.820. The van der Waals surface area contributed by atoms with Gasteiger partial charge in [-0.25, -0.2) is 4.39 Å². The van der Waals surface area contributed by atoms with Crippen molar-refractivity contribution in [3.8, 4) is 5.75 Å². The van der Waals surface area contributed by atoms with Crippen LogP contribution in [0.15, 0.2) is 18.2 Å². The third-order valence-corrected chi connectivity index (χ3v) is 3.51. The molecular formula is C16H25FN2O2. The number of piperidine rings is 1. The van der Waals surface area contributed by atoms with E-state index in [1.807, 2.05) is 13.8 Å². The van der Waals surface area contributed by atoms with Gasteiger partial charge in [0.2, 0.25) is 0 Å². The highest BCUT2D eigenvalue weighted by Crippen LogP contribution is 2.31. The number of ether oxygens (including phenoxy) is 2. The van der Waals surface area contributed by atoms with Crippen LogP contribution in [0.25, 0.3) is 0 Å². The van der Waals surface area contributed by atoms with Gasteiger partial charge in [-0.15, -0.1) is 0 Å². The molecule has 1 saturated heterocycles. The molecule has 0 radical (unpaired) electrons. The Kier molecular flexibility index (Phi) is 5.82. The first-order valence-corrected chi connectivity index (χ1v) is 7.60. The van der Waals surface area contributed by atoms with Gasteiger partial charge in [0.25, 0.3) is 0 Å². The molecule has 2 rings (SSSR count). The number of benzene rings is 1. The molecule has 0 spiro atoms. The van der Waals surface area contributed by atoms with E-state index in [4.69, 9.17) is 15.2 Å². The molecule has 0 aliphatic carbocycles. The summed E-state index contributed by atoms with van der Waals surface area (Å²) in [6.45, 7) is 6.57. The minimum Gasteiger partial charge on any atom is -0.489 e. The zero-order chi connectivity index (χ0) is 15.2. The number of hydrogen-bond donors (Lipinski definition) is 1. The number of rotatable bonds is 6. The molecule has 1 aliphatic rings. The van der Waals surface area contributed by atoms with E-state index in [1.54, 1.807) is 6.07 Å². The normalized spacial score (nSPS) is 19.1. The van der Waals surface area contributed by atoms with Gasteiger partial charge in [0, 0.05) is 25.2 Å². The predicted molar refractivity (Wildman–Crippen MR) is 82.4 cm³/mol. The molecule has 1 unspecified atom stereocenters. The average Bonchev–Trinajstić information content (AvgIpc) is 2.44. The Morgan fingerprint density at radius 3 is 2.90 bits per heavy atom. The van der Waals surface area contributed by atoms with E-state index in [2.05, 4.69) is 4.90 Å². The van der Waals surface area contributed by atoms with Crippen molar-refractivity contribution >= 4 is 5.69 Å². The molecule has 118 valence electrons. The van der Waals surface area contributed by atoms with Crippen LogP contribution >= 0.6 is 0 Å². The first kappa shape index (κ1) is 16.0. The minimum atomic E-state index is -0.255. The van der Waals surface area contributed by atoms with Gasteiger partial charge in [-0.3, -0.25) is 0 Å². The summed E-state index contributed by atoms with van der Waals surface area (Å²) < 4.78 is 24.8. The van der Waals surface area contributed by atoms with Crippen LogP contribution in [-0.2, 0) is 4.74 Å². The summed E-state index contributed by atoms with van der Waals surface area (Å²) >= 11 is 0. The molecule has 2 N–H and O–H groups in total. The Hall–Kier alpha value is -1.33. The van der Waals surface area contributed by atoms with Crippen LogP contribution in [0.2, 0.25) is 0 Å². The maximum absolute atomic E-state index is 13.6. The largest absolute Gasteiger partial charge is 0.489 e. The Balaban J connectivity index is 2.02. The fourth-order valence-corrected chi connectivity index (χ4v) is 2.52. The molecule has 0 bridgehead atoms. The maximum Gasteiger partial charge on any atom is 0.142 e. The van der Waals surface area contributed by atoms with Crippen molar-refractivity contribution in [1.82, 2.24) is 0 Å². The Labute approximate surface area is 126 Å². The lowest BCUT2D eigenvalue weighted by atomic mass is 10.1. The Morgan fingerprint density at radius 2 is 2.19 bits per heavy atom. The van der Waals surface area contributed by atoms with E-state index in [9.17, 15) is 4.39 Å². The van der Waals surface area contributed by atoms with Gasteiger partial charge in [-0.2, -0.15) is 0 Å². The van der Waals surface area contributed by atoms with Gasteiger partial charge < -0.3 is 20.1 Å². The van der Waals surface area contributed by atoms with E-state index >= 15 is 0 Å². The molecular weight excluding hydrogens is 271 g/mol. The van der Waals surface area contributed by atoms with Gasteiger partial charge in [-0.1, -0.05) is 0 Å². The molecule has 1 fully saturated rings. The van der Waals surface area contributed by atoms with Gasteiger partial charge in [0.1, 0.15) is 18.2 Å². The molecule has 1 aromatic carbocycles. The number of anilines is 1. The monoisotopic (exact) mass is 296 g/mol. The van der Waals surface area contributed by atoms with Gasteiger partial charge in [-0.05, 0) is 38.8 Å². The van der Waals surface area contributed by atoms with Crippen molar-refractivity contribution in [2.75, 3.05) is 31.2 Å². The highest BCUT2D eigenvalue weighted by molar-refractivity contribution is 5.59. The predicted octanol–water partition coefficient (Wildman–Crippen LogP) is 2.56. The second-order valence-corrected chi connectivity index (χ2v) is 5.73. The zero-order valence-corrected chi connectivity index (χ0v) is 12.8. The van der Waals surface area contributed by atoms with Crippen LogP contribution in [0.3, 0.4) is 0 Å². The third kappa shape index (κ3) is 4.86. The minimum absolute atomic E-state index is 0.138. The van der Waals surface area contributed by atoms with E-state index < -0.39 is 0 Å². The summed E-state index contributed by atoms with van der Waals surface area (Å²) in [6, 6.07) is 4.77. The number of nitrogens with two attached hydrogens (primary N) is 1. The van der Waals surface area contributed by atoms with Crippen molar-refractivity contribution < 1.29 is 13.9 Å². The summed E-state index contributed by atoms with van der Waals surface area (Å²) in [5.41, 5.74) is 6.80. The standard InChI is InChI=1S/C16H25FN2O2/c1-12(2)20-8-9-21-16-6-5-13(17)10-15(16)19-7-3-4-14(18)11-19/h5-6,10,12,14H,3-4,7-9,11,18H2,1-2H3. The van der Waals surface area contributed by atoms with Crippen molar-refractivity contribution in [2.45, 2.75) is 38.8 Å². The lowest BCUT2D eigenvalue weighted by molar-refractivity contribution is 0.0553. The van der Waals surface area contributed by atoms with Crippen LogP contribution in [0.1, 0.15) is 26.7 Å². The van der Waals surface area contributed by atoms with Crippen molar-refractivity contribution in [1.29, 1.82) is 0 Å². The maximum atomic E-state index is 13.6. The van der Waals surface area contributed by atoms with Crippen LogP contribution in [0, 0.1) is 5.82 Å². The molecule has 0 aromatic heterocycles. The number of hydrogen-bond acceptors (Lipinski definition) is 4. The molecule has 5 heteroatoms. The lowest BCUT2D eigenvalue weighted by Crippen LogP contribution is -2.43. The van der Waals surface area contributed by atoms with Crippen LogP contribution < -0.4 is 15.4 Å². The first-order valence-electron chi connectivity index (χ1n) is 7.60. The van der Waals surface area contributed by atoms with Crippen molar-refractivity contribution in [3.63, 3.8) is 0 Å². The zero-order valence-electron chi connectivity index (χ0n) is 12.8. The molecule has 1 heterocycles. The second kappa shape index (κ2) is 7.61. The van der Waals surface area contributed by atoms with Crippen LogP contribution in [0.5, 0.6) is 5.75 Å². The molecule has 1 aromatic rings. The summed E-state index contributed by atoms with van der Waals surface area (Å²) in [4.78, 5) is 2.11. The van der Waals surface area contributed by atoms with E-state index in [0.717, 1.165) is 31.6 Å². The summed E-state index contributed by atoms with van der Waals surface area (Å²) in [7, 11) is 0. The van der Waals surface area contributed by atoms with Crippen LogP contribution in [-0.4, -0.2) is 38.4 Å². The second-order valence-electron chi connectivity index (χ2n) is 5.73. The Morgan fingerprint density at radius 1 is 1.38 bits per heavy atom. The molecule has 21 heavy (non-hydrogen) atoms. The molecule has 0 saturated carbocycles. The molecule has 0 amide bonds. The average molecular weight is 296 g/mol. The van der Waals surface area contributed by atoms with Gasteiger partial charge in [0.05, 0.1) is 18.4 Å². The third-order valence-electron chi connectivity index (χ3n) is 3.51. The molecule has 1 atom stereocenters. The van der Waals surface area contributed by atoms with Gasteiger partial charge >= 0.3 is 0 Å². The van der Waals surface area contributed by atoms with E-state index in [1.165, 1.54) is 12.1 Å². The smallest absolute Gasteiger partial charge is 0.142 e. The highest BCUT2D eigenvalue weighted by Gasteiger charge is 2.20. The number of nitrogens with zero attached hydrogens (tertiary/aromatic N) is 1. The molecule has 4 nitrogen and oxygen atoms in total. The molecule has 1 aliphatic heterocycles. The fraction of sp³-hybridized carbons (Fsp3) is 0.625. The topological polar surface area (TPSA) is 47.7 Å². The van der Waals surface area contributed by atoms with E-state index in [-0.39, 0.29) is 18.0 Å². The fourth-order valence-electron chi connectivity index (χ4n) is 2.52. The summed E-state index contributed by atoms with van der Waals surface area (Å²) in [5.74, 6) is 0.438. The SMILES string of the molecule is CC(C)OCCOc1ccc(F)cc1N1CCCC(N)C1. The van der Waals surface area contributed by atoms with Gasteiger partial charge in [0.15, 0.2) is 0 Å². The number of halogens is 1. The lowest BCUT2D eigenvalue weighted by Gasteiger charge is -2.33. The highest BCUT2D eigenvalue weighted by atomic mass is 19.1.